The van der Waals surface area contributed by atoms with Crippen LogP contribution in [-0.4, -0.2) is 48.7 Å². The number of nitrogens with one attached hydrogen (secondary N) is 2. The lowest BCUT2D eigenvalue weighted by Crippen LogP contribution is -2.39. The van der Waals surface area contributed by atoms with Crippen LogP contribution in [-0.2, 0) is 6.54 Å². The minimum Gasteiger partial charge on any atom is -0.366 e. The molecule has 0 fully saturated rings. The van der Waals surface area contributed by atoms with Gasteiger partial charge in [-0.2, -0.15) is 15.6 Å². The maximum absolute atomic E-state index is 8.99. The summed E-state index contributed by atoms with van der Waals surface area (Å²) in [7, 11) is 0. The van der Waals surface area contributed by atoms with Gasteiger partial charge in [0.1, 0.15) is 11.6 Å². The highest BCUT2D eigenvalue weighted by Gasteiger charge is 2.40. The van der Waals surface area contributed by atoms with Crippen LogP contribution in [0.2, 0.25) is 0 Å². The first-order chi connectivity index (χ1) is 16.6. The van der Waals surface area contributed by atoms with E-state index in [1.54, 1.807) is 6.20 Å². The fourth-order valence-corrected chi connectivity index (χ4v) is 5.20. The second kappa shape index (κ2) is 9.48. The molecule has 0 radical (unpaired) electrons. The van der Waals surface area contributed by atoms with Gasteiger partial charge in [-0.3, -0.25) is 9.67 Å². The molecule has 9 nitrogen and oxygen atoms in total. The normalized spacial score (nSPS) is 19.1. The van der Waals surface area contributed by atoms with Crippen molar-refractivity contribution in [2.75, 3.05) is 17.2 Å². The van der Waals surface area contributed by atoms with Crippen molar-refractivity contribution < 1.29 is 4.58 Å². The number of hydrogen-bond donors (Lipinski definition) is 2. The Bertz CT molecular complexity index is 1320. The van der Waals surface area contributed by atoms with Gasteiger partial charge in [-0.25, -0.2) is 9.56 Å². The standard InChI is InChI=1S/C25H28N9/c1-17-13-24(32-34(17)12-4-9-27)30-23-16-22-21(5-2-10-28-22)25(31-23)29-18-14-19-6-7-20(15-18)33(19)11-3-8-26/h2,5,10,13,16,18-19H,3-4,6-7,11-12,14-15H2,1H3,(H2,29,30,31,32)/q+1/t18-,19-/m0/s1. The molecule has 2 atom stereocenters. The van der Waals surface area contributed by atoms with Crippen LogP contribution in [0.1, 0.15) is 44.2 Å². The number of nitriles is 2. The molecule has 2 aliphatic heterocycles. The SMILES string of the molecule is Cc1cc(Nc2cc3ncccc3c(N[C@@H]3CC4=[N+](CCC#N)[C@@H](CC4)C3)n2)nn1CCC#N. The van der Waals surface area contributed by atoms with Crippen molar-refractivity contribution in [3.05, 3.63) is 36.2 Å². The van der Waals surface area contributed by atoms with Crippen LogP contribution in [0.4, 0.5) is 17.5 Å². The van der Waals surface area contributed by atoms with Crippen LogP contribution >= 0.6 is 0 Å². The van der Waals surface area contributed by atoms with Crippen LogP contribution in [0.3, 0.4) is 0 Å². The molecule has 5 rings (SSSR count). The third-order valence-corrected chi connectivity index (χ3v) is 6.73. The molecule has 0 saturated carbocycles. The average Bonchev–Trinajstić information content (AvgIpc) is 3.30. The maximum atomic E-state index is 8.99. The van der Waals surface area contributed by atoms with Crippen molar-refractivity contribution in [1.82, 2.24) is 19.7 Å². The van der Waals surface area contributed by atoms with Crippen LogP contribution in [0, 0.1) is 29.6 Å². The average molecular weight is 455 g/mol. The van der Waals surface area contributed by atoms with E-state index in [1.165, 1.54) is 12.1 Å². The topological polar surface area (TPSA) is 118 Å². The number of nitrogens with zero attached hydrogens (tertiary/aromatic N) is 7. The summed E-state index contributed by atoms with van der Waals surface area (Å²) in [6.45, 7) is 3.39. The number of hydrogen-bond acceptors (Lipinski definition) is 7. The number of aryl methyl sites for hydroxylation is 2. The predicted molar refractivity (Wildman–Crippen MR) is 130 cm³/mol. The molecule has 5 heterocycles. The molecule has 34 heavy (non-hydrogen) atoms. The van der Waals surface area contributed by atoms with Crippen LogP contribution in [0.25, 0.3) is 10.9 Å². The van der Waals surface area contributed by atoms with Crippen LogP contribution < -0.4 is 10.6 Å². The minimum absolute atomic E-state index is 0.305. The van der Waals surface area contributed by atoms with E-state index in [1.807, 2.05) is 35.9 Å². The number of aromatic nitrogens is 4. The summed E-state index contributed by atoms with van der Waals surface area (Å²) in [5.41, 5.74) is 3.31. The van der Waals surface area contributed by atoms with Gasteiger partial charge in [0.15, 0.2) is 24.1 Å². The molecule has 3 aromatic rings. The smallest absolute Gasteiger partial charge is 0.156 e. The van der Waals surface area contributed by atoms with Gasteiger partial charge >= 0.3 is 0 Å². The van der Waals surface area contributed by atoms with Crippen LogP contribution in [0.5, 0.6) is 0 Å². The predicted octanol–water partition coefficient (Wildman–Crippen LogP) is 3.90. The Morgan fingerprint density at radius 1 is 1.21 bits per heavy atom. The van der Waals surface area contributed by atoms with E-state index in [9.17, 15) is 0 Å². The summed E-state index contributed by atoms with van der Waals surface area (Å²) < 4.78 is 4.29. The molecule has 172 valence electrons. The summed E-state index contributed by atoms with van der Waals surface area (Å²) in [5.74, 6) is 2.20. The van der Waals surface area contributed by atoms with E-state index >= 15 is 0 Å². The van der Waals surface area contributed by atoms with Crippen molar-refractivity contribution in [2.45, 2.75) is 64.1 Å². The van der Waals surface area contributed by atoms with Gasteiger partial charge in [0.05, 0.1) is 37.0 Å². The largest absolute Gasteiger partial charge is 0.366 e. The molecule has 0 saturated heterocycles. The van der Waals surface area contributed by atoms with Crippen molar-refractivity contribution in [2.24, 2.45) is 0 Å². The van der Waals surface area contributed by atoms with E-state index in [4.69, 9.17) is 15.5 Å². The minimum atomic E-state index is 0.305. The molecule has 0 unspecified atom stereocenters. The Balaban J connectivity index is 1.39. The second-order valence-corrected chi connectivity index (χ2v) is 8.99. The summed E-state index contributed by atoms with van der Waals surface area (Å²) in [4.78, 5) is 9.46. The summed E-state index contributed by atoms with van der Waals surface area (Å²) in [6, 6.07) is 13.1. The monoisotopic (exact) mass is 454 g/mol. The lowest BCUT2D eigenvalue weighted by molar-refractivity contribution is -0.563. The molecule has 3 aromatic heterocycles. The van der Waals surface area contributed by atoms with Gasteiger partial charge in [-0.05, 0) is 19.1 Å². The quantitative estimate of drug-likeness (QED) is 0.496. The second-order valence-electron chi connectivity index (χ2n) is 8.99. The first-order valence-electron chi connectivity index (χ1n) is 11.8. The number of anilines is 3. The molecule has 2 bridgehead atoms. The van der Waals surface area contributed by atoms with Gasteiger partial charge in [0.2, 0.25) is 0 Å². The molecule has 0 aromatic carbocycles. The van der Waals surface area contributed by atoms with Crippen molar-refractivity contribution in [3.63, 3.8) is 0 Å². The molecule has 0 spiro atoms. The molecule has 0 aliphatic carbocycles. The fourth-order valence-electron chi connectivity index (χ4n) is 5.20. The van der Waals surface area contributed by atoms with Crippen LogP contribution in [0.15, 0.2) is 30.5 Å². The molecule has 2 N–H and O–H groups in total. The van der Waals surface area contributed by atoms with Gasteiger partial charge in [0, 0.05) is 61.1 Å². The highest BCUT2D eigenvalue weighted by Crippen LogP contribution is 2.31. The Kier molecular flexibility index (Phi) is 6.09. The number of fused-ring (bicyclic) bond motifs is 2. The van der Waals surface area contributed by atoms with Gasteiger partial charge in [-0.1, -0.05) is 0 Å². The fraction of sp³-hybridized carbons (Fsp3) is 0.440. The first kappa shape index (κ1) is 21.8. The van der Waals surface area contributed by atoms with Crippen molar-refractivity contribution in [3.8, 4) is 12.1 Å². The van der Waals surface area contributed by atoms with Gasteiger partial charge in [0.25, 0.3) is 0 Å². The molecule has 0 amide bonds. The Morgan fingerprint density at radius 3 is 2.91 bits per heavy atom. The Morgan fingerprint density at radius 2 is 2.09 bits per heavy atom. The zero-order chi connectivity index (χ0) is 23.5. The van der Waals surface area contributed by atoms with E-state index in [-0.39, 0.29) is 0 Å². The molecular formula is C25H28N9+. The summed E-state index contributed by atoms with van der Waals surface area (Å²) in [5, 5.41) is 30.4. The zero-order valence-electron chi connectivity index (χ0n) is 19.3. The Labute approximate surface area is 198 Å². The third-order valence-electron chi connectivity index (χ3n) is 6.73. The van der Waals surface area contributed by atoms with E-state index < -0.39 is 0 Å². The first-order valence-corrected chi connectivity index (χ1v) is 11.8. The molecule has 2 aliphatic rings. The zero-order valence-corrected chi connectivity index (χ0v) is 19.3. The summed E-state index contributed by atoms with van der Waals surface area (Å²) >= 11 is 0. The van der Waals surface area contributed by atoms with Crippen molar-refractivity contribution in [1.29, 1.82) is 10.5 Å². The van der Waals surface area contributed by atoms with Crippen molar-refractivity contribution >= 4 is 34.1 Å². The molecular weight excluding hydrogens is 426 g/mol. The van der Waals surface area contributed by atoms with Gasteiger partial charge in [-0.15, -0.1) is 0 Å². The highest BCUT2D eigenvalue weighted by atomic mass is 15.3. The van der Waals surface area contributed by atoms with E-state index in [2.05, 4.69) is 37.4 Å². The lowest BCUT2D eigenvalue weighted by Gasteiger charge is -2.25. The Hall–Kier alpha value is -3.98. The number of pyridine rings is 2. The van der Waals surface area contributed by atoms with E-state index in [0.29, 0.717) is 43.1 Å². The lowest BCUT2D eigenvalue weighted by atomic mass is 10.0. The number of rotatable bonds is 8. The summed E-state index contributed by atoms with van der Waals surface area (Å²) in [6.07, 6.45) is 7.10. The third kappa shape index (κ3) is 4.42. The highest BCUT2D eigenvalue weighted by molar-refractivity contribution is 5.92. The van der Waals surface area contributed by atoms with E-state index in [0.717, 1.165) is 48.2 Å². The molecule has 9 heteroatoms. The van der Waals surface area contributed by atoms with Gasteiger partial charge < -0.3 is 10.6 Å². The maximum Gasteiger partial charge on any atom is 0.156 e.